The lowest BCUT2D eigenvalue weighted by Gasteiger charge is -2.15. The molecular weight excluding hydrogens is 354 g/mol. The maximum atomic E-state index is 11.9. The van der Waals surface area contributed by atoms with Crippen LogP contribution in [0.4, 0.5) is 0 Å². The topological polar surface area (TPSA) is 127 Å². The molecule has 0 saturated carbocycles. The molecule has 0 bridgehead atoms. The Morgan fingerprint density at radius 2 is 1.41 bits per heavy atom. The van der Waals surface area contributed by atoms with Crippen molar-refractivity contribution in [2.24, 2.45) is 0 Å². The quantitative estimate of drug-likeness (QED) is 0.550. The Bertz CT molecular complexity index is 557. The summed E-state index contributed by atoms with van der Waals surface area (Å²) in [6.45, 7) is 4.36. The highest BCUT2D eigenvalue weighted by molar-refractivity contribution is 7.92. The SMILES string of the molecule is CCCC.O=[PH](O)OC(O[PH](=O)O)S(=O)(=O)c1ccccc1. The third-order valence-electron chi connectivity index (χ3n) is 2.22. The first-order valence-electron chi connectivity index (χ1n) is 6.33. The molecule has 11 heteroatoms. The van der Waals surface area contributed by atoms with Crippen LogP contribution in [0.2, 0.25) is 0 Å². The molecule has 0 aromatic heterocycles. The van der Waals surface area contributed by atoms with Gasteiger partial charge in [-0.25, -0.2) is 8.42 Å². The third-order valence-corrected chi connectivity index (χ3v) is 5.02. The maximum absolute atomic E-state index is 11.9. The average molecular weight is 374 g/mol. The number of sulfone groups is 1. The minimum Gasteiger partial charge on any atom is -0.326 e. The molecule has 1 aromatic carbocycles. The minimum atomic E-state index is -4.30. The van der Waals surface area contributed by atoms with Crippen molar-refractivity contribution in [1.29, 1.82) is 0 Å². The summed E-state index contributed by atoms with van der Waals surface area (Å²) >= 11 is 0. The summed E-state index contributed by atoms with van der Waals surface area (Å²) in [4.78, 5) is 16.8. The van der Waals surface area contributed by atoms with E-state index in [1.54, 1.807) is 6.07 Å². The van der Waals surface area contributed by atoms with Crippen LogP contribution >= 0.6 is 16.5 Å². The summed E-state index contributed by atoms with van der Waals surface area (Å²) in [5.74, 6) is 0. The third kappa shape index (κ3) is 8.19. The van der Waals surface area contributed by atoms with Gasteiger partial charge in [0.2, 0.25) is 9.84 Å². The summed E-state index contributed by atoms with van der Waals surface area (Å²) in [6.07, 6.45) is 2.64. The Labute approximate surface area is 130 Å². The molecule has 1 aromatic rings. The van der Waals surface area contributed by atoms with Crippen molar-refractivity contribution in [3.05, 3.63) is 30.3 Å². The van der Waals surface area contributed by atoms with Crippen LogP contribution in [0.15, 0.2) is 35.2 Å². The minimum absolute atomic E-state index is 0.262. The lowest BCUT2D eigenvalue weighted by atomic mass is 10.4. The Hall–Kier alpha value is -0.530. The Morgan fingerprint density at radius 3 is 1.73 bits per heavy atom. The van der Waals surface area contributed by atoms with E-state index in [1.165, 1.54) is 37.1 Å². The molecule has 0 aliphatic rings. The molecule has 0 aliphatic carbocycles. The van der Waals surface area contributed by atoms with Crippen LogP contribution in [0.1, 0.15) is 26.7 Å². The molecule has 1 rings (SSSR count). The van der Waals surface area contributed by atoms with Crippen LogP contribution in [0.3, 0.4) is 0 Å². The number of benzene rings is 1. The van der Waals surface area contributed by atoms with Gasteiger partial charge in [-0.15, -0.1) is 0 Å². The highest BCUT2D eigenvalue weighted by atomic mass is 32.2. The van der Waals surface area contributed by atoms with Gasteiger partial charge >= 0.3 is 16.5 Å². The lowest BCUT2D eigenvalue weighted by Crippen LogP contribution is -2.23. The van der Waals surface area contributed by atoms with Gasteiger partial charge in [-0.2, -0.15) is 0 Å². The van der Waals surface area contributed by atoms with E-state index in [2.05, 4.69) is 22.9 Å². The fourth-order valence-corrected chi connectivity index (χ4v) is 3.82. The second-order valence-electron chi connectivity index (χ2n) is 3.91. The van der Waals surface area contributed by atoms with Crippen molar-refractivity contribution in [2.75, 3.05) is 0 Å². The van der Waals surface area contributed by atoms with E-state index < -0.39 is 32.0 Å². The molecule has 0 saturated heterocycles. The zero-order valence-corrected chi connectivity index (χ0v) is 14.9. The van der Waals surface area contributed by atoms with Gasteiger partial charge in [-0.3, -0.25) is 18.2 Å². The van der Waals surface area contributed by atoms with Crippen LogP contribution in [-0.4, -0.2) is 23.8 Å². The van der Waals surface area contributed by atoms with E-state index in [-0.39, 0.29) is 4.90 Å². The van der Waals surface area contributed by atoms with Crippen LogP contribution < -0.4 is 0 Å². The molecule has 0 spiro atoms. The standard InChI is InChI=1S/C7H10O8P2S.C4H10/c8-16(9)14-7(15-17(10)11)18(12,13)6-4-2-1-3-5-6;1-3-4-2/h1-5,7,16-17H,(H,8,9)(H,10,11);3-4H2,1-2H3. The molecule has 128 valence electrons. The molecule has 0 fully saturated rings. The molecule has 0 aliphatic heterocycles. The Balaban J connectivity index is 0.000000980. The normalized spacial score (nSPS) is 15.3. The van der Waals surface area contributed by atoms with Gasteiger partial charge in [0.25, 0.3) is 5.62 Å². The average Bonchev–Trinajstić information content (AvgIpc) is 2.47. The van der Waals surface area contributed by atoms with Gasteiger partial charge in [-0.05, 0) is 12.1 Å². The first-order chi connectivity index (χ1) is 10.3. The van der Waals surface area contributed by atoms with Gasteiger partial charge in [0.05, 0.1) is 4.90 Å². The van der Waals surface area contributed by atoms with Gasteiger partial charge in [0, 0.05) is 0 Å². The Kier molecular flexibility index (Phi) is 10.8. The number of hydrogen-bond donors (Lipinski definition) is 2. The number of rotatable bonds is 7. The molecule has 0 amide bonds. The second kappa shape index (κ2) is 11.1. The molecule has 22 heavy (non-hydrogen) atoms. The van der Waals surface area contributed by atoms with Crippen molar-refractivity contribution in [3.8, 4) is 0 Å². The predicted molar refractivity (Wildman–Crippen MR) is 82.6 cm³/mol. The molecule has 0 heterocycles. The van der Waals surface area contributed by atoms with Crippen molar-refractivity contribution >= 4 is 26.3 Å². The fourth-order valence-electron chi connectivity index (χ4n) is 1.04. The summed E-state index contributed by atoms with van der Waals surface area (Å²) in [5, 5.41) is 0. The van der Waals surface area contributed by atoms with Gasteiger partial charge in [0.1, 0.15) is 0 Å². The summed E-state index contributed by atoms with van der Waals surface area (Å²) in [6, 6.07) is 6.76. The zero-order chi connectivity index (χ0) is 17.2. The predicted octanol–water partition coefficient (Wildman–Crippen LogP) is 2.35. The molecular formula is C11H20O8P2S. The van der Waals surface area contributed by atoms with E-state index in [9.17, 15) is 17.5 Å². The van der Waals surface area contributed by atoms with Crippen molar-refractivity contribution in [3.63, 3.8) is 0 Å². The first-order valence-corrected chi connectivity index (χ1v) is 10.4. The van der Waals surface area contributed by atoms with Crippen LogP contribution in [0, 0.1) is 0 Å². The number of hydrogen-bond acceptors (Lipinski definition) is 6. The van der Waals surface area contributed by atoms with E-state index in [0.29, 0.717) is 0 Å². The zero-order valence-electron chi connectivity index (χ0n) is 12.1. The summed E-state index contributed by atoms with van der Waals surface area (Å²) < 4.78 is 53.1. The molecule has 2 N–H and O–H groups in total. The lowest BCUT2D eigenvalue weighted by molar-refractivity contribution is 0.0683. The van der Waals surface area contributed by atoms with Crippen LogP contribution in [0.25, 0.3) is 0 Å². The van der Waals surface area contributed by atoms with E-state index >= 15 is 0 Å². The molecule has 2 atom stereocenters. The maximum Gasteiger partial charge on any atom is 0.319 e. The van der Waals surface area contributed by atoms with Gasteiger partial charge < -0.3 is 9.79 Å². The highest BCUT2D eigenvalue weighted by Crippen LogP contribution is 2.32. The van der Waals surface area contributed by atoms with Gasteiger partial charge in [-0.1, -0.05) is 44.9 Å². The summed E-state index contributed by atoms with van der Waals surface area (Å²) in [5.41, 5.74) is -2.30. The monoisotopic (exact) mass is 374 g/mol. The largest absolute Gasteiger partial charge is 0.326 e. The van der Waals surface area contributed by atoms with E-state index in [0.717, 1.165) is 0 Å². The van der Waals surface area contributed by atoms with E-state index in [1.807, 2.05) is 0 Å². The van der Waals surface area contributed by atoms with Crippen LogP contribution in [-0.2, 0) is 28.0 Å². The molecule has 8 nitrogen and oxygen atoms in total. The van der Waals surface area contributed by atoms with Crippen molar-refractivity contribution < 1.29 is 36.4 Å². The smallest absolute Gasteiger partial charge is 0.319 e. The highest BCUT2D eigenvalue weighted by Gasteiger charge is 2.32. The van der Waals surface area contributed by atoms with Crippen LogP contribution in [0.5, 0.6) is 0 Å². The van der Waals surface area contributed by atoms with Crippen molar-refractivity contribution in [1.82, 2.24) is 0 Å². The van der Waals surface area contributed by atoms with Crippen molar-refractivity contribution in [2.45, 2.75) is 37.2 Å². The fraction of sp³-hybridized carbons (Fsp3) is 0.455. The second-order valence-corrected chi connectivity index (χ2v) is 7.40. The van der Waals surface area contributed by atoms with E-state index in [4.69, 9.17) is 9.79 Å². The Morgan fingerprint density at radius 1 is 1.00 bits per heavy atom. The molecule has 2 unspecified atom stereocenters. The molecule has 0 radical (unpaired) electrons. The number of unbranched alkanes of at least 4 members (excludes halogenated alkanes) is 1. The summed E-state index contributed by atoms with van der Waals surface area (Å²) in [7, 11) is -11.6. The van der Waals surface area contributed by atoms with Gasteiger partial charge in [0.15, 0.2) is 0 Å². The first kappa shape index (κ1) is 21.5.